The molecule has 2 heterocycles. The Hall–Kier alpha value is -2.37. The first-order valence-corrected chi connectivity index (χ1v) is 12.1. The summed E-state index contributed by atoms with van der Waals surface area (Å²) in [5, 5.41) is 8.77. The number of nitrogens with zero attached hydrogens (tertiary/aromatic N) is 1. The molecule has 0 aliphatic heterocycles. The van der Waals surface area contributed by atoms with Crippen molar-refractivity contribution in [2.45, 2.75) is 58.3 Å². The molecule has 0 aliphatic carbocycles. The van der Waals surface area contributed by atoms with Gasteiger partial charge in [0.05, 0.1) is 6.61 Å². The van der Waals surface area contributed by atoms with E-state index in [4.69, 9.17) is 9.84 Å². The first kappa shape index (κ1) is 23.3. The SMILES string of the molecule is CCCCCCc1ccc(-n2cccc2CCCc2ccc(C(=O)OCCO)s2)cc1. The lowest BCUT2D eigenvalue weighted by molar-refractivity contribution is 0.0439. The first-order chi connectivity index (χ1) is 15.2. The molecule has 0 saturated carbocycles. The fraction of sp³-hybridized carbons (Fsp3) is 0.423. The Labute approximate surface area is 189 Å². The van der Waals surface area contributed by atoms with Gasteiger partial charge in [-0.2, -0.15) is 0 Å². The van der Waals surface area contributed by atoms with Gasteiger partial charge in [-0.15, -0.1) is 11.3 Å². The Balaban J connectivity index is 1.51. The maximum atomic E-state index is 11.9. The molecule has 0 unspecified atom stereocenters. The molecule has 0 saturated heterocycles. The van der Waals surface area contributed by atoms with Crippen molar-refractivity contribution < 1.29 is 14.6 Å². The van der Waals surface area contributed by atoms with Gasteiger partial charge in [0.1, 0.15) is 11.5 Å². The summed E-state index contributed by atoms with van der Waals surface area (Å²) >= 11 is 1.48. The van der Waals surface area contributed by atoms with Crippen LogP contribution in [0.1, 0.15) is 64.8 Å². The maximum absolute atomic E-state index is 11.9. The number of benzene rings is 1. The van der Waals surface area contributed by atoms with Crippen LogP contribution in [0.3, 0.4) is 0 Å². The number of carbonyl (C=O) groups excluding carboxylic acids is 1. The van der Waals surface area contributed by atoms with Gasteiger partial charge in [-0.05, 0) is 74.1 Å². The summed E-state index contributed by atoms with van der Waals surface area (Å²) in [5.74, 6) is -0.354. The average molecular weight is 440 g/mol. The van der Waals surface area contributed by atoms with Gasteiger partial charge in [0, 0.05) is 22.5 Å². The van der Waals surface area contributed by atoms with Gasteiger partial charge in [0.2, 0.25) is 0 Å². The largest absolute Gasteiger partial charge is 0.459 e. The number of aromatic nitrogens is 1. The van der Waals surface area contributed by atoms with Gasteiger partial charge in [-0.3, -0.25) is 0 Å². The van der Waals surface area contributed by atoms with Gasteiger partial charge in [-0.1, -0.05) is 38.3 Å². The average Bonchev–Trinajstić information content (AvgIpc) is 3.45. The predicted molar refractivity (Wildman–Crippen MR) is 127 cm³/mol. The van der Waals surface area contributed by atoms with E-state index in [0.717, 1.165) is 25.7 Å². The van der Waals surface area contributed by atoms with E-state index in [0.29, 0.717) is 4.88 Å². The summed E-state index contributed by atoms with van der Waals surface area (Å²) in [7, 11) is 0. The summed E-state index contributed by atoms with van der Waals surface area (Å²) in [6.07, 6.45) is 11.4. The summed E-state index contributed by atoms with van der Waals surface area (Å²) in [5.41, 5.74) is 3.93. The Kier molecular flexibility index (Phi) is 9.38. The molecule has 0 fully saturated rings. The van der Waals surface area contributed by atoms with Crippen LogP contribution in [-0.2, 0) is 24.0 Å². The second-order valence-electron chi connectivity index (χ2n) is 7.83. The van der Waals surface area contributed by atoms with Crippen molar-refractivity contribution in [2.24, 2.45) is 0 Å². The second-order valence-corrected chi connectivity index (χ2v) is 8.99. The quantitative estimate of drug-likeness (QED) is 0.263. The number of ether oxygens (including phenoxy) is 1. The van der Waals surface area contributed by atoms with E-state index in [1.54, 1.807) is 0 Å². The molecular formula is C26H33NO3S. The minimum atomic E-state index is -0.354. The molecule has 0 bridgehead atoms. The topological polar surface area (TPSA) is 51.5 Å². The Morgan fingerprint density at radius 1 is 0.968 bits per heavy atom. The Morgan fingerprint density at radius 2 is 1.81 bits per heavy atom. The Morgan fingerprint density at radius 3 is 2.58 bits per heavy atom. The van der Waals surface area contributed by atoms with Crippen molar-refractivity contribution in [3.63, 3.8) is 0 Å². The third-order valence-electron chi connectivity index (χ3n) is 5.41. The van der Waals surface area contributed by atoms with Crippen LogP contribution in [0.15, 0.2) is 54.7 Å². The van der Waals surface area contributed by atoms with Crippen LogP contribution in [0, 0.1) is 0 Å². The van der Waals surface area contributed by atoms with E-state index in [2.05, 4.69) is 54.1 Å². The monoisotopic (exact) mass is 439 g/mol. The number of thiophene rings is 1. The van der Waals surface area contributed by atoms with Gasteiger partial charge in [-0.25, -0.2) is 4.79 Å². The molecule has 166 valence electrons. The number of carbonyl (C=O) groups is 1. The highest BCUT2D eigenvalue weighted by molar-refractivity contribution is 7.13. The van der Waals surface area contributed by atoms with Gasteiger partial charge in [0.25, 0.3) is 0 Å². The summed E-state index contributed by atoms with van der Waals surface area (Å²) in [6, 6.07) is 17.1. The Bertz CT molecular complexity index is 926. The van der Waals surface area contributed by atoms with Crippen LogP contribution in [0.2, 0.25) is 0 Å². The number of aryl methyl sites for hydroxylation is 3. The number of unbranched alkanes of at least 4 members (excludes halogenated alkanes) is 3. The fourth-order valence-electron chi connectivity index (χ4n) is 3.73. The van der Waals surface area contributed by atoms with E-state index >= 15 is 0 Å². The van der Waals surface area contributed by atoms with Gasteiger partial charge < -0.3 is 14.4 Å². The van der Waals surface area contributed by atoms with E-state index in [1.807, 2.05) is 12.1 Å². The number of rotatable bonds is 13. The summed E-state index contributed by atoms with van der Waals surface area (Å²) < 4.78 is 7.25. The van der Waals surface area contributed by atoms with Crippen LogP contribution >= 0.6 is 11.3 Å². The molecule has 2 aromatic heterocycles. The standard InChI is InChI=1S/C26H33NO3S/c1-2-3-4-5-8-21-12-14-23(15-13-21)27-18-7-10-22(27)9-6-11-24-16-17-25(31-24)26(29)30-20-19-28/h7,10,12-18,28H,2-6,8-9,11,19-20H2,1H3. The highest BCUT2D eigenvalue weighted by Gasteiger charge is 2.11. The minimum Gasteiger partial charge on any atom is -0.459 e. The molecule has 5 heteroatoms. The molecule has 1 N–H and O–H groups in total. The normalized spacial score (nSPS) is 11.0. The smallest absolute Gasteiger partial charge is 0.348 e. The van der Waals surface area contributed by atoms with Crippen molar-refractivity contribution in [2.75, 3.05) is 13.2 Å². The van der Waals surface area contributed by atoms with Crippen molar-refractivity contribution in [3.8, 4) is 5.69 Å². The van der Waals surface area contributed by atoms with Crippen LogP contribution < -0.4 is 0 Å². The molecule has 0 aliphatic rings. The van der Waals surface area contributed by atoms with Crippen molar-refractivity contribution in [3.05, 3.63) is 75.7 Å². The molecule has 3 rings (SSSR count). The number of aliphatic hydroxyl groups excluding tert-OH is 1. The molecule has 1 aromatic carbocycles. The molecule has 0 radical (unpaired) electrons. The molecule has 3 aromatic rings. The summed E-state index contributed by atoms with van der Waals surface area (Å²) in [6.45, 7) is 2.15. The molecule has 0 atom stereocenters. The predicted octanol–water partition coefficient (Wildman–Crippen LogP) is 5.99. The zero-order valence-corrected chi connectivity index (χ0v) is 19.2. The number of hydrogen-bond acceptors (Lipinski definition) is 4. The van der Waals surface area contributed by atoms with Gasteiger partial charge in [0.15, 0.2) is 0 Å². The lowest BCUT2D eigenvalue weighted by Gasteiger charge is -2.10. The third-order valence-corrected chi connectivity index (χ3v) is 6.54. The lowest BCUT2D eigenvalue weighted by atomic mass is 10.1. The van der Waals surface area contributed by atoms with E-state index < -0.39 is 0 Å². The van der Waals surface area contributed by atoms with E-state index in [-0.39, 0.29) is 19.2 Å². The molecule has 0 amide bonds. The van der Waals surface area contributed by atoms with Crippen LogP contribution in [0.4, 0.5) is 0 Å². The molecule has 31 heavy (non-hydrogen) atoms. The zero-order valence-electron chi connectivity index (χ0n) is 18.4. The first-order valence-electron chi connectivity index (χ1n) is 11.3. The van der Waals surface area contributed by atoms with Gasteiger partial charge >= 0.3 is 5.97 Å². The number of esters is 1. The van der Waals surface area contributed by atoms with E-state index in [1.165, 1.54) is 58.8 Å². The third kappa shape index (κ3) is 7.08. The highest BCUT2D eigenvalue weighted by atomic mass is 32.1. The van der Waals surface area contributed by atoms with Crippen molar-refractivity contribution >= 4 is 17.3 Å². The highest BCUT2D eigenvalue weighted by Crippen LogP contribution is 2.21. The van der Waals surface area contributed by atoms with Crippen LogP contribution in [-0.4, -0.2) is 28.9 Å². The number of hydrogen-bond donors (Lipinski definition) is 1. The molecule has 0 spiro atoms. The fourth-order valence-corrected chi connectivity index (χ4v) is 4.67. The zero-order chi connectivity index (χ0) is 21.9. The lowest BCUT2D eigenvalue weighted by Crippen LogP contribution is -2.06. The van der Waals surface area contributed by atoms with Crippen LogP contribution in [0.25, 0.3) is 5.69 Å². The minimum absolute atomic E-state index is 0.0445. The molecular weight excluding hydrogens is 406 g/mol. The molecule has 4 nitrogen and oxygen atoms in total. The van der Waals surface area contributed by atoms with Crippen molar-refractivity contribution in [1.29, 1.82) is 0 Å². The second kappa shape index (κ2) is 12.5. The maximum Gasteiger partial charge on any atom is 0.348 e. The van der Waals surface area contributed by atoms with Crippen molar-refractivity contribution in [1.82, 2.24) is 4.57 Å². The van der Waals surface area contributed by atoms with Crippen LogP contribution in [0.5, 0.6) is 0 Å². The number of aliphatic hydroxyl groups is 1. The van der Waals surface area contributed by atoms with E-state index in [9.17, 15) is 4.79 Å². The summed E-state index contributed by atoms with van der Waals surface area (Å²) in [4.78, 5) is 13.6.